The van der Waals surface area contributed by atoms with Gasteiger partial charge in [0.2, 0.25) is 0 Å². The molecule has 0 aliphatic heterocycles. The maximum atomic E-state index is 11.0. The molecule has 3 aromatic rings. The fraction of sp³-hybridized carbons (Fsp3) is 0.200. The number of rotatable bonds is 5. The van der Waals surface area contributed by atoms with Gasteiger partial charge in [0, 0.05) is 12.6 Å². The zero-order chi connectivity index (χ0) is 17.3. The predicted molar refractivity (Wildman–Crippen MR) is 90.1 cm³/mol. The summed E-state index contributed by atoms with van der Waals surface area (Å²) in [6.45, 7) is 2.06. The standard InChI is InChI=1S/C15H17N5O3S/c1-10-7-11(9-17-24(16,21)22)3-5-14(10)20-15-6-4-12(23-2)8-13(15)18-19-20/h3-8,17H,9H2,1-2H3,(H2,16,21,22). The molecule has 0 atom stereocenters. The van der Waals surface area contributed by atoms with Crippen molar-refractivity contribution in [1.29, 1.82) is 0 Å². The predicted octanol–water partition coefficient (Wildman–Crippen LogP) is 1.03. The molecule has 0 aliphatic carbocycles. The Hall–Kier alpha value is -2.49. The second-order valence-electron chi connectivity index (χ2n) is 5.34. The van der Waals surface area contributed by atoms with Crippen molar-refractivity contribution in [3.8, 4) is 11.4 Å². The molecule has 24 heavy (non-hydrogen) atoms. The van der Waals surface area contributed by atoms with E-state index < -0.39 is 10.2 Å². The van der Waals surface area contributed by atoms with E-state index >= 15 is 0 Å². The Morgan fingerprint density at radius 1 is 1.25 bits per heavy atom. The van der Waals surface area contributed by atoms with E-state index in [9.17, 15) is 8.42 Å². The van der Waals surface area contributed by atoms with Gasteiger partial charge < -0.3 is 4.74 Å². The van der Waals surface area contributed by atoms with Crippen molar-refractivity contribution >= 4 is 21.2 Å². The fourth-order valence-corrected chi connectivity index (χ4v) is 2.83. The molecule has 8 nitrogen and oxygen atoms in total. The first-order valence-electron chi connectivity index (χ1n) is 7.14. The summed E-state index contributed by atoms with van der Waals surface area (Å²) in [5, 5.41) is 13.3. The van der Waals surface area contributed by atoms with Crippen molar-refractivity contribution in [2.45, 2.75) is 13.5 Å². The largest absolute Gasteiger partial charge is 0.497 e. The lowest BCUT2D eigenvalue weighted by Gasteiger charge is -2.09. The van der Waals surface area contributed by atoms with Crippen LogP contribution in [0.2, 0.25) is 0 Å². The molecule has 0 radical (unpaired) electrons. The highest BCUT2D eigenvalue weighted by atomic mass is 32.2. The zero-order valence-corrected chi connectivity index (χ0v) is 14.0. The van der Waals surface area contributed by atoms with Gasteiger partial charge in [-0.25, -0.2) is 9.82 Å². The Morgan fingerprint density at radius 2 is 2.04 bits per heavy atom. The average Bonchev–Trinajstić information content (AvgIpc) is 2.95. The summed E-state index contributed by atoms with van der Waals surface area (Å²) in [5.74, 6) is 0.718. The second-order valence-corrected chi connectivity index (χ2v) is 6.72. The van der Waals surface area contributed by atoms with E-state index in [2.05, 4.69) is 15.0 Å². The highest BCUT2D eigenvalue weighted by molar-refractivity contribution is 7.87. The smallest absolute Gasteiger partial charge is 0.274 e. The third-order valence-corrected chi connectivity index (χ3v) is 4.17. The van der Waals surface area contributed by atoms with Crippen molar-refractivity contribution in [2.75, 3.05) is 7.11 Å². The topological polar surface area (TPSA) is 112 Å². The third kappa shape index (κ3) is 3.37. The molecule has 0 saturated carbocycles. The van der Waals surface area contributed by atoms with Crippen LogP contribution >= 0.6 is 0 Å². The number of aromatic nitrogens is 3. The normalized spacial score (nSPS) is 11.8. The van der Waals surface area contributed by atoms with Crippen LogP contribution < -0.4 is 14.6 Å². The molecule has 3 rings (SSSR count). The third-order valence-electron chi connectivity index (χ3n) is 3.62. The van der Waals surface area contributed by atoms with Crippen molar-refractivity contribution in [3.05, 3.63) is 47.5 Å². The number of methoxy groups -OCH3 is 1. The Kier molecular flexibility index (Phi) is 4.22. The fourth-order valence-electron chi connectivity index (χ4n) is 2.46. The lowest BCUT2D eigenvalue weighted by molar-refractivity contribution is 0.415. The molecule has 1 aromatic heterocycles. The number of nitrogens with zero attached hydrogens (tertiary/aromatic N) is 3. The molecule has 0 amide bonds. The highest BCUT2D eigenvalue weighted by Crippen LogP contribution is 2.23. The maximum absolute atomic E-state index is 11.0. The van der Waals surface area contributed by atoms with Gasteiger partial charge in [-0.2, -0.15) is 13.1 Å². The zero-order valence-electron chi connectivity index (χ0n) is 13.2. The van der Waals surface area contributed by atoms with Crippen LogP contribution in [0.1, 0.15) is 11.1 Å². The van der Waals surface area contributed by atoms with Gasteiger partial charge in [0.05, 0.1) is 18.3 Å². The first-order chi connectivity index (χ1) is 11.4. The summed E-state index contributed by atoms with van der Waals surface area (Å²) in [6, 6.07) is 11.1. The van der Waals surface area contributed by atoms with Gasteiger partial charge in [0.1, 0.15) is 11.3 Å². The number of hydrogen-bond donors (Lipinski definition) is 2. The number of hydrogen-bond acceptors (Lipinski definition) is 5. The molecular formula is C15H17N5O3S. The first-order valence-corrected chi connectivity index (χ1v) is 8.69. The van der Waals surface area contributed by atoms with Crippen molar-refractivity contribution in [3.63, 3.8) is 0 Å². The van der Waals surface area contributed by atoms with E-state index in [0.717, 1.165) is 33.6 Å². The van der Waals surface area contributed by atoms with Crippen molar-refractivity contribution < 1.29 is 13.2 Å². The summed E-state index contributed by atoms with van der Waals surface area (Å²) in [4.78, 5) is 0. The van der Waals surface area contributed by atoms with Crippen LogP contribution in [0.3, 0.4) is 0 Å². The van der Waals surface area contributed by atoms with Gasteiger partial charge in [-0.05, 0) is 36.2 Å². The molecule has 0 unspecified atom stereocenters. The summed E-state index contributed by atoms with van der Waals surface area (Å²) >= 11 is 0. The van der Waals surface area contributed by atoms with Crippen LogP contribution in [0.15, 0.2) is 36.4 Å². The number of nitrogens with two attached hydrogens (primary N) is 1. The number of benzene rings is 2. The SMILES string of the molecule is COc1ccc2c(c1)nnn2-c1ccc(CNS(N)(=O)=O)cc1C. The van der Waals surface area contributed by atoms with Crippen LogP contribution in [0, 0.1) is 6.92 Å². The van der Waals surface area contributed by atoms with Gasteiger partial charge in [0.15, 0.2) is 0 Å². The summed E-state index contributed by atoms with van der Waals surface area (Å²) in [6.07, 6.45) is 0. The monoisotopic (exact) mass is 347 g/mol. The Bertz CT molecular complexity index is 998. The number of fused-ring (bicyclic) bond motifs is 1. The van der Waals surface area contributed by atoms with Crippen LogP contribution in [-0.2, 0) is 16.8 Å². The van der Waals surface area contributed by atoms with E-state index in [0.29, 0.717) is 0 Å². The molecular weight excluding hydrogens is 330 g/mol. The van der Waals surface area contributed by atoms with Gasteiger partial charge in [0.25, 0.3) is 10.2 Å². The number of ether oxygens (including phenoxy) is 1. The quantitative estimate of drug-likeness (QED) is 0.716. The first kappa shape index (κ1) is 16.4. The minimum absolute atomic E-state index is 0.134. The molecule has 0 spiro atoms. The number of aryl methyl sites for hydroxylation is 1. The molecule has 2 aromatic carbocycles. The van der Waals surface area contributed by atoms with Crippen molar-refractivity contribution in [2.24, 2.45) is 5.14 Å². The van der Waals surface area contributed by atoms with E-state index in [1.165, 1.54) is 0 Å². The molecule has 0 fully saturated rings. The summed E-state index contributed by atoms with van der Waals surface area (Å²) in [7, 11) is -2.11. The molecule has 126 valence electrons. The second kappa shape index (κ2) is 6.19. The minimum Gasteiger partial charge on any atom is -0.497 e. The molecule has 0 aliphatic rings. The lowest BCUT2D eigenvalue weighted by Crippen LogP contribution is -2.30. The van der Waals surface area contributed by atoms with E-state index in [4.69, 9.17) is 9.88 Å². The molecule has 3 N–H and O–H groups in total. The Morgan fingerprint density at radius 3 is 2.71 bits per heavy atom. The van der Waals surface area contributed by atoms with E-state index in [1.807, 2.05) is 43.3 Å². The molecule has 9 heteroatoms. The van der Waals surface area contributed by atoms with Gasteiger partial charge in [-0.15, -0.1) is 5.10 Å². The molecule has 0 saturated heterocycles. The molecule has 0 bridgehead atoms. The van der Waals surface area contributed by atoms with Crippen LogP contribution in [-0.4, -0.2) is 30.5 Å². The van der Waals surface area contributed by atoms with Crippen LogP contribution in [0.5, 0.6) is 5.75 Å². The Labute approximate surface area is 139 Å². The highest BCUT2D eigenvalue weighted by Gasteiger charge is 2.11. The van der Waals surface area contributed by atoms with E-state index in [-0.39, 0.29) is 6.54 Å². The van der Waals surface area contributed by atoms with Crippen LogP contribution in [0.25, 0.3) is 16.7 Å². The van der Waals surface area contributed by atoms with E-state index in [1.54, 1.807) is 11.8 Å². The van der Waals surface area contributed by atoms with Gasteiger partial charge >= 0.3 is 0 Å². The maximum Gasteiger partial charge on any atom is 0.274 e. The minimum atomic E-state index is -3.71. The number of nitrogens with one attached hydrogen (secondary N) is 1. The average molecular weight is 347 g/mol. The molecule has 1 heterocycles. The van der Waals surface area contributed by atoms with Crippen LogP contribution in [0.4, 0.5) is 0 Å². The van der Waals surface area contributed by atoms with Crippen molar-refractivity contribution in [1.82, 2.24) is 19.7 Å². The lowest BCUT2D eigenvalue weighted by atomic mass is 10.1. The van der Waals surface area contributed by atoms with Gasteiger partial charge in [-0.1, -0.05) is 17.3 Å². The summed E-state index contributed by atoms with van der Waals surface area (Å²) < 4.78 is 31.1. The summed E-state index contributed by atoms with van der Waals surface area (Å²) in [5.41, 5.74) is 4.19. The van der Waals surface area contributed by atoms with Gasteiger partial charge in [-0.3, -0.25) is 0 Å². The Balaban J connectivity index is 1.95.